The highest BCUT2D eigenvalue weighted by molar-refractivity contribution is 6.30. The second-order valence-corrected chi connectivity index (χ2v) is 5.64. The number of aromatic nitrogens is 5. The van der Waals surface area contributed by atoms with Gasteiger partial charge in [0, 0.05) is 10.6 Å². The van der Waals surface area contributed by atoms with Crippen LogP contribution in [0.1, 0.15) is 0 Å². The second kappa shape index (κ2) is 6.01. The molecule has 0 fully saturated rings. The van der Waals surface area contributed by atoms with Crippen molar-refractivity contribution in [3.63, 3.8) is 0 Å². The predicted octanol–water partition coefficient (Wildman–Crippen LogP) is 3.12. The lowest BCUT2D eigenvalue weighted by molar-refractivity contribution is 0.209. The fourth-order valence-corrected chi connectivity index (χ4v) is 2.66. The van der Waals surface area contributed by atoms with E-state index in [9.17, 15) is 9.90 Å². The molecule has 0 radical (unpaired) electrons. The number of H-pyrrole nitrogens is 1. The molecule has 0 spiro atoms. The van der Waals surface area contributed by atoms with Crippen molar-refractivity contribution in [1.29, 1.82) is 0 Å². The Morgan fingerprint density at radius 1 is 1.27 bits per heavy atom. The van der Waals surface area contributed by atoms with Crippen molar-refractivity contribution in [2.75, 3.05) is 5.32 Å². The standard InChI is InChI=1S/C15H9ClN6O4/c16-7-3-1-2-6(4-7)9-11-10(8(23)5-17-9)18-13(19-11)12-14(20-15(24)25)22-26-21-12/h1-5,23H,(H,18,19)(H,20,22)(H,24,25). The molecular weight excluding hydrogens is 364 g/mol. The first-order valence-electron chi connectivity index (χ1n) is 7.19. The summed E-state index contributed by atoms with van der Waals surface area (Å²) >= 11 is 6.03. The normalized spacial score (nSPS) is 11.0. The number of aromatic hydroxyl groups is 1. The van der Waals surface area contributed by atoms with Crippen LogP contribution < -0.4 is 5.32 Å². The molecule has 0 aliphatic rings. The van der Waals surface area contributed by atoms with E-state index in [1.165, 1.54) is 6.20 Å². The third-order valence-electron chi connectivity index (χ3n) is 3.54. The third-order valence-corrected chi connectivity index (χ3v) is 3.77. The smallest absolute Gasteiger partial charge is 0.410 e. The number of imidazole rings is 1. The molecule has 130 valence electrons. The van der Waals surface area contributed by atoms with E-state index in [1.54, 1.807) is 24.3 Å². The van der Waals surface area contributed by atoms with Crippen molar-refractivity contribution in [2.45, 2.75) is 0 Å². The summed E-state index contributed by atoms with van der Waals surface area (Å²) < 4.78 is 4.58. The van der Waals surface area contributed by atoms with Gasteiger partial charge in [-0.3, -0.25) is 5.32 Å². The summed E-state index contributed by atoms with van der Waals surface area (Å²) in [5.74, 6) is -0.112. The summed E-state index contributed by atoms with van der Waals surface area (Å²) in [6, 6.07) is 7.00. The summed E-state index contributed by atoms with van der Waals surface area (Å²) in [5, 5.41) is 28.7. The zero-order valence-electron chi connectivity index (χ0n) is 12.8. The summed E-state index contributed by atoms with van der Waals surface area (Å²) in [6.45, 7) is 0. The molecule has 4 rings (SSSR count). The number of rotatable bonds is 3. The second-order valence-electron chi connectivity index (χ2n) is 5.20. The molecule has 0 atom stereocenters. The lowest BCUT2D eigenvalue weighted by Gasteiger charge is -2.03. The molecule has 0 aliphatic heterocycles. The Morgan fingerprint density at radius 2 is 2.12 bits per heavy atom. The highest BCUT2D eigenvalue weighted by Gasteiger charge is 2.21. The first kappa shape index (κ1) is 15.8. The van der Waals surface area contributed by atoms with Gasteiger partial charge in [0.1, 0.15) is 11.0 Å². The third kappa shape index (κ3) is 2.67. The lowest BCUT2D eigenvalue weighted by atomic mass is 10.1. The van der Waals surface area contributed by atoms with Gasteiger partial charge in [-0.25, -0.2) is 19.4 Å². The molecule has 0 aliphatic carbocycles. The molecule has 1 amide bonds. The van der Waals surface area contributed by atoms with Crippen LogP contribution in [-0.4, -0.2) is 41.6 Å². The summed E-state index contributed by atoms with van der Waals surface area (Å²) in [7, 11) is 0. The highest BCUT2D eigenvalue weighted by Crippen LogP contribution is 2.34. The number of benzene rings is 1. The van der Waals surface area contributed by atoms with Gasteiger partial charge in [0.05, 0.1) is 11.9 Å². The number of nitrogens with one attached hydrogen (secondary N) is 2. The molecule has 3 aromatic heterocycles. The first-order chi connectivity index (χ1) is 12.5. The monoisotopic (exact) mass is 372 g/mol. The van der Waals surface area contributed by atoms with E-state index in [1.807, 2.05) is 0 Å². The number of carbonyl (C=O) groups is 1. The molecule has 4 N–H and O–H groups in total. The largest absolute Gasteiger partial charge is 0.504 e. The van der Waals surface area contributed by atoms with E-state index in [0.717, 1.165) is 0 Å². The molecule has 3 heterocycles. The van der Waals surface area contributed by atoms with Gasteiger partial charge >= 0.3 is 6.09 Å². The van der Waals surface area contributed by atoms with Crippen LogP contribution in [0.25, 0.3) is 33.8 Å². The molecule has 11 heteroatoms. The Bertz CT molecular complexity index is 1140. The van der Waals surface area contributed by atoms with Gasteiger partial charge in [-0.2, -0.15) is 0 Å². The molecular formula is C15H9ClN6O4. The van der Waals surface area contributed by atoms with Gasteiger partial charge in [-0.15, -0.1) is 0 Å². The van der Waals surface area contributed by atoms with Crippen LogP contribution in [0.15, 0.2) is 35.1 Å². The van der Waals surface area contributed by atoms with Gasteiger partial charge in [0.2, 0.25) is 5.82 Å². The Labute approximate surface area is 149 Å². The maximum absolute atomic E-state index is 10.8. The van der Waals surface area contributed by atoms with Gasteiger partial charge in [0.15, 0.2) is 17.3 Å². The van der Waals surface area contributed by atoms with Crippen LogP contribution in [0.3, 0.4) is 0 Å². The number of nitrogens with zero attached hydrogens (tertiary/aromatic N) is 4. The average Bonchev–Trinajstić information content (AvgIpc) is 3.21. The van der Waals surface area contributed by atoms with E-state index >= 15 is 0 Å². The summed E-state index contributed by atoms with van der Waals surface area (Å²) in [4.78, 5) is 22.3. The SMILES string of the molecule is O=C(O)Nc1nonc1-c1nc2c(-c3cccc(Cl)c3)ncc(O)c2[nH]1. The van der Waals surface area contributed by atoms with Gasteiger partial charge in [-0.05, 0) is 22.4 Å². The molecule has 4 aromatic rings. The molecule has 0 bridgehead atoms. The summed E-state index contributed by atoms with van der Waals surface area (Å²) in [5.41, 5.74) is 1.87. The topological polar surface area (TPSA) is 150 Å². The van der Waals surface area contributed by atoms with E-state index in [4.69, 9.17) is 16.7 Å². The van der Waals surface area contributed by atoms with Crippen molar-refractivity contribution in [1.82, 2.24) is 25.3 Å². The number of fused-ring (bicyclic) bond motifs is 1. The minimum Gasteiger partial charge on any atom is -0.504 e. The van der Waals surface area contributed by atoms with Crippen molar-refractivity contribution < 1.29 is 19.6 Å². The molecule has 26 heavy (non-hydrogen) atoms. The van der Waals surface area contributed by atoms with Crippen LogP contribution in [-0.2, 0) is 0 Å². The van der Waals surface area contributed by atoms with Crippen LogP contribution in [0.5, 0.6) is 5.75 Å². The van der Waals surface area contributed by atoms with E-state index in [-0.39, 0.29) is 23.1 Å². The Morgan fingerprint density at radius 3 is 2.88 bits per heavy atom. The zero-order valence-corrected chi connectivity index (χ0v) is 13.5. The Hall–Kier alpha value is -3.66. The Balaban J connectivity index is 1.90. The number of anilines is 1. The van der Waals surface area contributed by atoms with Gasteiger partial charge < -0.3 is 15.2 Å². The van der Waals surface area contributed by atoms with Crippen LogP contribution in [0.4, 0.5) is 10.6 Å². The Kier molecular flexibility index (Phi) is 3.66. The maximum Gasteiger partial charge on any atom is 0.410 e. The molecule has 0 saturated heterocycles. The lowest BCUT2D eigenvalue weighted by Crippen LogP contribution is -2.08. The predicted molar refractivity (Wildman–Crippen MR) is 90.9 cm³/mol. The average molecular weight is 373 g/mol. The van der Waals surface area contributed by atoms with Crippen LogP contribution in [0.2, 0.25) is 5.02 Å². The van der Waals surface area contributed by atoms with E-state index in [2.05, 4.69) is 35.2 Å². The number of carboxylic acid groups (broad SMARTS) is 1. The molecule has 1 aromatic carbocycles. The zero-order chi connectivity index (χ0) is 18.3. The number of aromatic amines is 1. The van der Waals surface area contributed by atoms with Crippen molar-refractivity contribution in [3.8, 4) is 28.5 Å². The fraction of sp³-hybridized carbons (Fsp3) is 0. The van der Waals surface area contributed by atoms with E-state index < -0.39 is 6.09 Å². The molecule has 0 unspecified atom stereocenters. The quantitative estimate of drug-likeness (QED) is 0.428. The van der Waals surface area contributed by atoms with Crippen LogP contribution >= 0.6 is 11.6 Å². The maximum atomic E-state index is 10.8. The number of hydrogen-bond donors (Lipinski definition) is 4. The number of amides is 1. The number of hydrogen-bond acceptors (Lipinski definition) is 7. The van der Waals surface area contributed by atoms with E-state index in [0.29, 0.717) is 27.3 Å². The minimum absolute atomic E-state index is 0.0417. The fourth-order valence-electron chi connectivity index (χ4n) is 2.47. The van der Waals surface area contributed by atoms with Gasteiger partial charge in [-0.1, -0.05) is 23.7 Å². The van der Waals surface area contributed by atoms with Crippen LogP contribution in [0, 0.1) is 0 Å². The molecule has 0 saturated carbocycles. The molecule has 10 nitrogen and oxygen atoms in total. The highest BCUT2D eigenvalue weighted by atomic mass is 35.5. The van der Waals surface area contributed by atoms with Crippen molar-refractivity contribution >= 4 is 34.5 Å². The number of pyridine rings is 1. The van der Waals surface area contributed by atoms with Gasteiger partial charge in [0.25, 0.3) is 0 Å². The summed E-state index contributed by atoms with van der Waals surface area (Å²) in [6.07, 6.45) is -0.0555. The number of halogens is 1. The minimum atomic E-state index is -1.33. The van der Waals surface area contributed by atoms with Crippen molar-refractivity contribution in [3.05, 3.63) is 35.5 Å². The first-order valence-corrected chi connectivity index (χ1v) is 7.57. The van der Waals surface area contributed by atoms with Crippen molar-refractivity contribution in [2.24, 2.45) is 0 Å².